The maximum absolute atomic E-state index is 10.7. The minimum absolute atomic E-state index is 0.142. The van der Waals surface area contributed by atoms with Crippen LogP contribution in [-0.4, -0.2) is 53.5 Å². The van der Waals surface area contributed by atoms with Crippen LogP contribution >= 0.6 is 0 Å². The van der Waals surface area contributed by atoms with Gasteiger partial charge in [-0.25, -0.2) is 0 Å². The molecule has 31 heavy (non-hydrogen) atoms. The first-order chi connectivity index (χ1) is 15.1. The van der Waals surface area contributed by atoms with Crippen LogP contribution in [0.15, 0.2) is 53.7 Å². The lowest BCUT2D eigenvalue weighted by atomic mass is 10.0. The van der Waals surface area contributed by atoms with Gasteiger partial charge in [-0.05, 0) is 49.8 Å². The normalized spacial score (nSPS) is 15.6. The van der Waals surface area contributed by atoms with Crippen molar-refractivity contribution >= 4 is 11.6 Å². The average Bonchev–Trinajstić information content (AvgIpc) is 2.80. The number of non-ortho nitro benzene ring substituents is 1. The third kappa shape index (κ3) is 7.64. The number of nitrogens with one attached hydrogen (secondary N) is 2. The summed E-state index contributed by atoms with van der Waals surface area (Å²) in [6.07, 6.45) is 6.99. The Morgan fingerprint density at radius 3 is 2.61 bits per heavy atom. The van der Waals surface area contributed by atoms with E-state index in [0.29, 0.717) is 6.04 Å². The van der Waals surface area contributed by atoms with Crippen molar-refractivity contribution < 1.29 is 4.92 Å². The number of benzene rings is 1. The molecule has 1 aromatic heterocycles. The highest BCUT2D eigenvalue weighted by atomic mass is 16.6. The van der Waals surface area contributed by atoms with Gasteiger partial charge < -0.3 is 10.6 Å². The highest BCUT2D eigenvalue weighted by Gasteiger charge is 2.20. The number of hydrogen-bond acceptors (Lipinski definition) is 5. The number of aryl methyl sites for hydroxylation is 1. The SMILES string of the molecule is CN=C(NCCCCc1ccc([N+](=O)[O-])cc1)NC1CCN(Cc2ccccn2)CC1. The Morgan fingerprint density at radius 1 is 1.19 bits per heavy atom. The molecule has 1 aromatic carbocycles. The standard InChI is InChI=1S/C23H32N6O2/c1-24-23(26-15-4-2-6-19-8-10-22(11-9-19)29(30)31)27-20-12-16-28(17-13-20)18-21-7-3-5-14-25-21/h3,5,7-11,14,20H,2,4,6,12-13,15-18H2,1H3,(H2,24,26,27). The van der Waals surface area contributed by atoms with E-state index in [1.807, 2.05) is 37.5 Å². The van der Waals surface area contributed by atoms with Gasteiger partial charge >= 0.3 is 0 Å². The Hall–Kier alpha value is -3.00. The van der Waals surface area contributed by atoms with E-state index in [0.717, 1.165) is 75.5 Å². The summed E-state index contributed by atoms with van der Waals surface area (Å²) in [7, 11) is 1.81. The summed E-state index contributed by atoms with van der Waals surface area (Å²) >= 11 is 0. The molecule has 2 aromatic rings. The monoisotopic (exact) mass is 424 g/mol. The molecule has 2 heterocycles. The van der Waals surface area contributed by atoms with Crippen LogP contribution in [0.4, 0.5) is 5.69 Å². The molecule has 1 aliphatic rings. The van der Waals surface area contributed by atoms with Crippen molar-refractivity contribution in [2.75, 3.05) is 26.7 Å². The van der Waals surface area contributed by atoms with Gasteiger partial charge in [0.25, 0.3) is 5.69 Å². The van der Waals surface area contributed by atoms with Crippen LogP contribution in [-0.2, 0) is 13.0 Å². The molecule has 166 valence electrons. The van der Waals surface area contributed by atoms with Gasteiger partial charge in [0, 0.05) is 57.6 Å². The van der Waals surface area contributed by atoms with Crippen LogP contribution in [0.1, 0.15) is 36.9 Å². The number of hydrogen-bond donors (Lipinski definition) is 2. The number of nitro benzene ring substituents is 1. The third-order valence-corrected chi connectivity index (χ3v) is 5.60. The van der Waals surface area contributed by atoms with Crippen molar-refractivity contribution in [3.05, 3.63) is 70.0 Å². The van der Waals surface area contributed by atoms with Crippen LogP contribution in [0.3, 0.4) is 0 Å². The molecule has 2 N–H and O–H groups in total. The maximum Gasteiger partial charge on any atom is 0.269 e. The predicted octanol–water partition coefficient (Wildman–Crippen LogP) is 3.14. The Labute approximate surface area is 183 Å². The van der Waals surface area contributed by atoms with Crippen molar-refractivity contribution in [1.29, 1.82) is 0 Å². The van der Waals surface area contributed by atoms with Crippen molar-refractivity contribution in [3.8, 4) is 0 Å². The Bertz CT molecular complexity index is 833. The first-order valence-corrected chi connectivity index (χ1v) is 11.0. The molecule has 0 radical (unpaired) electrons. The minimum atomic E-state index is -0.364. The summed E-state index contributed by atoms with van der Waals surface area (Å²) in [6, 6.07) is 13.3. The van der Waals surface area contributed by atoms with Crippen molar-refractivity contribution in [2.45, 2.75) is 44.7 Å². The van der Waals surface area contributed by atoms with Crippen LogP contribution in [0, 0.1) is 10.1 Å². The van der Waals surface area contributed by atoms with Crippen LogP contribution in [0.2, 0.25) is 0 Å². The van der Waals surface area contributed by atoms with E-state index in [1.54, 1.807) is 12.1 Å². The van der Waals surface area contributed by atoms with E-state index in [1.165, 1.54) is 0 Å². The zero-order valence-electron chi connectivity index (χ0n) is 18.2. The number of aromatic nitrogens is 1. The molecule has 1 aliphatic heterocycles. The fourth-order valence-corrected chi connectivity index (χ4v) is 3.79. The zero-order chi connectivity index (χ0) is 21.9. The molecule has 0 amide bonds. The molecule has 8 heteroatoms. The number of likely N-dealkylation sites (tertiary alicyclic amines) is 1. The lowest BCUT2D eigenvalue weighted by molar-refractivity contribution is -0.384. The average molecular weight is 425 g/mol. The van der Waals surface area contributed by atoms with Gasteiger partial charge in [0.15, 0.2) is 5.96 Å². The van der Waals surface area contributed by atoms with E-state index < -0.39 is 0 Å². The van der Waals surface area contributed by atoms with Crippen molar-refractivity contribution in [1.82, 2.24) is 20.5 Å². The second-order valence-electron chi connectivity index (χ2n) is 7.90. The largest absolute Gasteiger partial charge is 0.356 e. The Balaban J connectivity index is 1.29. The lowest BCUT2D eigenvalue weighted by Gasteiger charge is -2.32. The quantitative estimate of drug-likeness (QED) is 0.211. The van der Waals surface area contributed by atoms with E-state index in [-0.39, 0.29) is 10.6 Å². The van der Waals surface area contributed by atoms with Gasteiger partial charge in [0.2, 0.25) is 0 Å². The first-order valence-electron chi connectivity index (χ1n) is 11.0. The number of guanidine groups is 1. The summed E-state index contributed by atoms with van der Waals surface area (Å²) in [5.41, 5.74) is 2.40. The van der Waals surface area contributed by atoms with Gasteiger partial charge in [-0.2, -0.15) is 0 Å². The maximum atomic E-state index is 10.7. The summed E-state index contributed by atoms with van der Waals surface area (Å²) in [4.78, 5) is 21.6. The summed E-state index contributed by atoms with van der Waals surface area (Å²) in [6.45, 7) is 3.88. The number of unbranched alkanes of at least 4 members (excludes halogenated alkanes) is 1. The van der Waals surface area contributed by atoms with E-state index in [4.69, 9.17) is 0 Å². The van der Waals surface area contributed by atoms with Crippen LogP contribution in [0.5, 0.6) is 0 Å². The van der Waals surface area contributed by atoms with Gasteiger partial charge in [0.1, 0.15) is 0 Å². The lowest BCUT2D eigenvalue weighted by Crippen LogP contribution is -2.48. The molecule has 0 bridgehead atoms. The fraction of sp³-hybridized carbons (Fsp3) is 0.478. The molecule has 0 unspecified atom stereocenters. The molecular formula is C23H32N6O2. The number of piperidine rings is 1. The predicted molar refractivity (Wildman–Crippen MR) is 123 cm³/mol. The molecule has 1 fully saturated rings. The minimum Gasteiger partial charge on any atom is -0.356 e. The third-order valence-electron chi connectivity index (χ3n) is 5.60. The number of rotatable bonds is 9. The second-order valence-corrected chi connectivity index (χ2v) is 7.90. The molecule has 0 atom stereocenters. The van der Waals surface area contributed by atoms with Gasteiger partial charge in [-0.3, -0.25) is 25.0 Å². The fourth-order valence-electron chi connectivity index (χ4n) is 3.79. The number of nitrogens with zero attached hydrogens (tertiary/aromatic N) is 4. The van der Waals surface area contributed by atoms with Crippen LogP contribution < -0.4 is 10.6 Å². The Kier molecular flexibility index (Phi) is 8.78. The second kappa shape index (κ2) is 12.0. The smallest absolute Gasteiger partial charge is 0.269 e. The summed E-state index contributed by atoms with van der Waals surface area (Å²) in [5, 5.41) is 17.7. The number of pyridine rings is 1. The summed E-state index contributed by atoms with van der Waals surface area (Å²) in [5.74, 6) is 0.860. The van der Waals surface area contributed by atoms with Crippen LogP contribution in [0.25, 0.3) is 0 Å². The zero-order valence-corrected chi connectivity index (χ0v) is 18.2. The molecule has 3 rings (SSSR count). The molecule has 0 aliphatic carbocycles. The number of aliphatic imine (C=N–C) groups is 1. The molecule has 0 saturated carbocycles. The highest BCUT2D eigenvalue weighted by Crippen LogP contribution is 2.14. The van der Waals surface area contributed by atoms with E-state index in [2.05, 4.69) is 31.6 Å². The highest BCUT2D eigenvalue weighted by molar-refractivity contribution is 5.79. The Morgan fingerprint density at radius 2 is 1.97 bits per heavy atom. The molecular weight excluding hydrogens is 392 g/mol. The molecule has 8 nitrogen and oxygen atoms in total. The van der Waals surface area contributed by atoms with Gasteiger partial charge in [-0.15, -0.1) is 0 Å². The van der Waals surface area contributed by atoms with E-state index in [9.17, 15) is 10.1 Å². The molecule has 1 saturated heterocycles. The van der Waals surface area contributed by atoms with Crippen molar-refractivity contribution in [3.63, 3.8) is 0 Å². The summed E-state index contributed by atoms with van der Waals surface area (Å²) < 4.78 is 0. The van der Waals surface area contributed by atoms with Crippen molar-refractivity contribution in [2.24, 2.45) is 4.99 Å². The van der Waals surface area contributed by atoms with E-state index >= 15 is 0 Å². The van der Waals surface area contributed by atoms with Gasteiger partial charge in [-0.1, -0.05) is 18.2 Å². The topological polar surface area (TPSA) is 95.7 Å². The molecule has 0 spiro atoms. The first kappa shape index (κ1) is 22.7. The number of nitro groups is 1. The van der Waals surface area contributed by atoms with Gasteiger partial charge in [0.05, 0.1) is 10.6 Å².